The third-order valence-electron chi connectivity index (χ3n) is 5.28. The molecule has 2 bridgehead atoms. The average Bonchev–Trinajstić information content (AvgIpc) is 2.73. The van der Waals surface area contributed by atoms with E-state index in [-0.39, 0.29) is 0 Å². The van der Waals surface area contributed by atoms with E-state index in [0.29, 0.717) is 12.6 Å². The monoisotopic (exact) mass is 238 g/mol. The largest absolute Gasteiger partial charge is 0.396 e. The highest BCUT2D eigenvalue weighted by molar-refractivity contribution is 5.06. The van der Waals surface area contributed by atoms with Crippen LogP contribution < -0.4 is 0 Å². The Morgan fingerprint density at radius 2 is 2.00 bits per heavy atom. The van der Waals surface area contributed by atoms with Gasteiger partial charge in [-0.15, -0.1) is 0 Å². The lowest BCUT2D eigenvalue weighted by Gasteiger charge is -2.49. The van der Waals surface area contributed by atoms with Crippen molar-refractivity contribution in [3.05, 3.63) is 0 Å². The van der Waals surface area contributed by atoms with E-state index in [1.165, 1.54) is 45.4 Å². The number of rotatable bonds is 4. The van der Waals surface area contributed by atoms with E-state index >= 15 is 0 Å². The first-order valence-electron chi connectivity index (χ1n) is 7.44. The molecule has 4 fully saturated rings. The highest BCUT2D eigenvalue weighted by atomic mass is 16.3. The average molecular weight is 238 g/mol. The minimum absolute atomic E-state index is 0.354. The van der Waals surface area contributed by atoms with E-state index in [1.54, 1.807) is 0 Å². The van der Waals surface area contributed by atoms with Crippen molar-refractivity contribution in [3.63, 3.8) is 0 Å². The molecule has 0 aromatic rings. The van der Waals surface area contributed by atoms with Crippen LogP contribution in [0.1, 0.15) is 32.6 Å². The van der Waals surface area contributed by atoms with Crippen molar-refractivity contribution in [1.29, 1.82) is 0 Å². The van der Waals surface area contributed by atoms with Crippen LogP contribution >= 0.6 is 0 Å². The van der Waals surface area contributed by atoms with Gasteiger partial charge in [-0.25, -0.2) is 0 Å². The SMILES string of the molecule is CCCN1CC2C3CCN(CC3)C2C1CCO. The Morgan fingerprint density at radius 1 is 1.24 bits per heavy atom. The van der Waals surface area contributed by atoms with Gasteiger partial charge < -0.3 is 5.11 Å². The normalized spacial score (nSPS) is 45.2. The molecule has 0 amide bonds. The van der Waals surface area contributed by atoms with Gasteiger partial charge in [0.05, 0.1) is 0 Å². The molecule has 4 rings (SSSR count). The summed E-state index contributed by atoms with van der Waals surface area (Å²) in [5, 5.41) is 9.33. The lowest BCUT2D eigenvalue weighted by molar-refractivity contribution is 0.0000404. The summed E-state index contributed by atoms with van der Waals surface area (Å²) >= 11 is 0. The van der Waals surface area contributed by atoms with Gasteiger partial charge in [0.15, 0.2) is 0 Å². The van der Waals surface area contributed by atoms with Crippen molar-refractivity contribution in [1.82, 2.24) is 9.80 Å². The maximum absolute atomic E-state index is 9.33. The van der Waals surface area contributed by atoms with Crippen molar-refractivity contribution in [2.24, 2.45) is 11.8 Å². The highest BCUT2D eigenvalue weighted by Gasteiger charge is 2.51. The predicted molar refractivity (Wildman–Crippen MR) is 68.9 cm³/mol. The molecular weight excluding hydrogens is 212 g/mol. The molecule has 98 valence electrons. The fourth-order valence-electron chi connectivity index (χ4n) is 4.63. The molecule has 0 aromatic carbocycles. The van der Waals surface area contributed by atoms with Gasteiger partial charge in [0.1, 0.15) is 0 Å². The van der Waals surface area contributed by atoms with Gasteiger partial charge in [-0.1, -0.05) is 6.92 Å². The number of likely N-dealkylation sites (tertiary alicyclic amines) is 1. The Balaban J connectivity index is 1.78. The number of hydrogen-bond acceptors (Lipinski definition) is 3. The summed E-state index contributed by atoms with van der Waals surface area (Å²) in [5.41, 5.74) is 0. The standard InChI is InChI=1S/C14H26N2O/c1-2-6-16-10-12-11-3-7-15(8-4-11)14(12)13(16)5-9-17/h11-14,17H,2-10H2,1H3. The Labute approximate surface area is 105 Å². The van der Waals surface area contributed by atoms with Gasteiger partial charge in [-0.2, -0.15) is 0 Å². The first-order chi connectivity index (χ1) is 8.35. The topological polar surface area (TPSA) is 26.7 Å². The van der Waals surface area contributed by atoms with Crippen LogP contribution in [0.15, 0.2) is 0 Å². The smallest absolute Gasteiger partial charge is 0.0446 e. The van der Waals surface area contributed by atoms with Crippen molar-refractivity contribution in [2.45, 2.75) is 44.7 Å². The van der Waals surface area contributed by atoms with Crippen LogP contribution in [0.3, 0.4) is 0 Å². The lowest BCUT2D eigenvalue weighted by atomic mass is 9.73. The fraction of sp³-hybridized carbons (Fsp3) is 1.00. The fourth-order valence-corrected chi connectivity index (χ4v) is 4.63. The third-order valence-corrected chi connectivity index (χ3v) is 5.28. The molecule has 17 heavy (non-hydrogen) atoms. The molecule has 4 aliphatic heterocycles. The molecule has 3 atom stereocenters. The van der Waals surface area contributed by atoms with E-state index in [9.17, 15) is 5.11 Å². The molecule has 1 N–H and O–H groups in total. The molecule has 0 aliphatic carbocycles. The van der Waals surface area contributed by atoms with Crippen LogP contribution in [0.2, 0.25) is 0 Å². The predicted octanol–water partition coefficient (Wildman–Crippen LogP) is 1.17. The maximum Gasteiger partial charge on any atom is 0.0446 e. The zero-order valence-electron chi connectivity index (χ0n) is 11.0. The molecule has 3 unspecified atom stereocenters. The summed E-state index contributed by atoms with van der Waals surface area (Å²) in [5.74, 6) is 1.88. The molecule has 0 aromatic heterocycles. The number of aliphatic hydroxyl groups is 1. The minimum Gasteiger partial charge on any atom is -0.396 e. The second-order valence-electron chi connectivity index (χ2n) is 6.10. The van der Waals surface area contributed by atoms with Crippen LogP contribution in [-0.2, 0) is 0 Å². The Hall–Kier alpha value is -0.120. The molecule has 0 saturated carbocycles. The van der Waals surface area contributed by atoms with E-state index in [1.807, 2.05) is 0 Å². The summed E-state index contributed by atoms with van der Waals surface area (Å²) in [4.78, 5) is 5.39. The third kappa shape index (κ3) is 1.92. The van der Waals surface area contributed by atoms with Crippen molar-refractivity contribution < 1.29 is 5.11 Å². The van der Waals surface area contributed by atoms with Gasteiger partial charge in [0, 0.05) is 25.2 Å². The molecule has 4 saturated heterocycles. The Bertz CT molecular complexity index is 263. The summed E-state index contributed by atoms with van der Waals surface area (Å²) in [6, 6.07) is 1.40. The first kappa shape index (κ1) is 11.9. The van der Waals surface area contributed by atoms with E-state index < -0.39 is 0 Å². The second kappa shape index (κ2) is 4.87. The lowest BCUT2D eigenvalue weighted by Crippen LogP contribution is -2.57. The number of fused-ring (bicyclic) bond motifs is 2. The van der Waals surface area contributed by atoms with Gasteiger partial charge in [0.2, 0.25) is 0 Å². The summed E-state index contributed by atoms with van der Waals surface area (Å²) in [7, 11) is 0. The van der Waals surface area contributed by atoms with E-state index in [0.717, 1.165) is 24.3 Å². The molecule has 4 heterocycles. The molecule has 3 heteroatoms. The molecule has 4 aliphatic rings. The zero-order chi connectivity index (χ0) is 11.8. The molecule has 3 nitrogen and oxygen atoms in total. The summed E-state index contributed by atoms with van der Waals surface area (Å²) < 4.78 is 0. The van der Waals surface area contributed by atoms with Crippen LogP contribution in [0, 0.1) is 11.8 Å². The number of aliphatic hydroxyl groups excluding tert-OH is 1. The Kier molecular flexibility index (Phi) is 3.42. The van der Waals surface area contributed by atoms with Crippen LogP contribution in [0.25, 0.3) is 0 Å². The maximum atomic E-state index is 9.33. The minimum atomic E-state index is 0.354. The first-order valence-corrected chi connectivity index (χ1v) is 7.44. The summed E-state index contributed by atoms with van der Waals surface area (Å²) in [6.45, 7) is 7.77. The molecular formula is C14H26N2O. The van der Waals surface area contributed by atoms with E-state index in [2.05, 4.69) is 16.7 Å². The van der Waals surface area contributed by atoms with Crippen LogP contribution in [0.4, 0.5) is 0 Å². The van der Waals surface area contributed by atoms with Crippen molar-refractivity contribution in [2.75, 3.05) is 32.8 Å². The number of hydrogen-bond donors (Lipinski definition) is 1. The molecule has 0 spiro atoms. The summed E-state index contributed by atoms with van der Waals surface area (Å²) in [6.07, 6.45) is 5.07. The Morgan fingerprint density at radius 3 is 2.65 bits per heavy atom. The van der Waals surface area contributed by atoms with Crippen LogP contribution in [0.5, 0.6) is 0 Å². The molecule has 0 radical (unpaired) electrons. The number of piperidine rings is 3. The van der Waals surface area contributed by atoms with Gasteiger partial charge in [-0.3, -0.25) is 9.80 Å². The quantitative estimate of drug-likeness (QED) is 0.796. The number of nitrogens with zero attached hydrogens (tertiary/aromatic N) is 2. The highest BCUT2D eigenvalue weighted by Crippen LogP contribution is 2.44. The van der Waals surface area contributed by atoms with Gasteiger partial charge in [-0.05, 0) is 57.2 Å². The van der Waals surface area contributed by atoms with Crippen molar-refractivity contribution >= 4 is 0 Å². The zero-order valence-corrected chi connectivity index (χ0v) is 11.0. The van der Waals surface area contributed by atoms with Crippen LogP contribution in [-0.4, -0.2) is 59.8 Å². The second-order valence-corrected chi connectivity index (χ2v) is 6.10. The van der Waals surface area contributed by atoms with E-state index in [4.69, 9.17) is 0 Å². The van der Waals surface area contributed by atoms with Gasteiger partial charge >= 0.3 is 0 Å². The van der Waals surface area contributed by atoms with Gasteiger partial charge in [0.25, 0.3) is 0 Å². The van der Waals surface area contributed by atoms with Crippen molar-refractivity contribution in [3.8, 4) is 0 Å².